The summed E-state index contributed by atoms with van der Waals surface area (Å²) in [6.45, 7) is 1.77. The van der Waals surface area contributed by atoms with E-state index in [0.29, 0.717) is 31.2 Å². The van der Waals surface area contributed by atoms with E-state index in [2.05, 4.69) is 20.6 Å². The molecule has 1 aromatic carbocycles. The van der Waals surface area contributed by atoms with Crippen LogP contribution in [0.3, 0.4) is 0 Å². The van der Waals surface area contributed by atoms with Gasteiger partial charge < -0.3 is 15.0 Å². The van der Waals surface area contributed by atoms with Gasteiger partial charge in [-0.05, 0) is 24.5 Å². The fourth-order valence-corrected chi connectivity index (χ4v) is 3.96. The minimum Gasteiger partial charge on any atom is -0.381 e. The van der Waals surface area contributed by atoms with E-state index in [1.54, 1.807) is 6.33 Å². The van der Waals surface area contributed by atoms with Crippen molar-refractivity contribution < 1.29 is 9.53 Å². The molecule has 0 unspecified atom stereocenters. The Kier molecular flexibility index (Phi) is 4.50. The third kappa shape index (κ3) is 3.17. The molecular formula is C18H21ClN4O2. The summed E-state index contributed by atoms with van der Waals surface area (Å²) in [5, 5.41) is 7.22. The SMILES string of the molecule is O=C(NCc1ccccc1Cl)[C@@H]1Cc2[nH]cnc2C2(CCOCC2)N1. The number of aromatic nitrogens is 2. The molecule has 132 valence electrons. The van der Waals surface area contributed by atoms with Gasteiger partial charge in [0.25, 0.3) is 0 Å². The van der Waals surface area contributed by atoms with E-state index >= 15 is 0 Å². The van der Waals surface area contributed by atoms with Crippen molar-refractivity contribution in [3.05, 3.63) is 52.6 Å². The number of imidazole rings is 1. The highest BCUT2D eigenvalue weighted by Crippen LogP contribution is 2.36. The molecule has 3 heterocycles. The summed E-state index contributed by atoms with van der Waals surface area (Å²) in [6.07, 6.45) is 3.96. The lowest BCUT2D eigenvalue weighted by Gasteiger charge is -2.43. The van der Waals surface area contributed by atoms with E-state index in [-0.39, 0.29) is 17.5 Å². The standard InChI is InChI=1S/C18H21ClN4O2/c19-13-4-2-1-3-12(13)10-20-17(24)15-9-14-16(22-11-21-14)18(23-15)5-7-25-8-6-18/h1-4,11,15,23H,5-10H2,(H,20,24)(H,21,22)/t15-/m0/s1. The van der Waals surface area contributed by atoms with Crippen molar-refractivity contribution in [2.24, 2.45) is 0 Å². The van der Waals surface area contributed by atoms with Crippen molar-refractivity contribution >= 4 is 17.5 Å². The van der Waals surface area contributed by atoms with Crippen molar-refractivity contribution in [1.82, 2.24) is 20.6 Å². The molecule has 0 aliphatic carbocycles. The summed E-state index contributed by atoms with van der Waals surface area (Å²) in [6, 6.07) is 7.25. The molecule has 25 heavy (non-hydrogen) atoms. The lowest BCUT2D eigenvalue weighted by Crippen LogP contribution is -2.59. The minimum absolute atomic E-state index is 0.0222. The summed E-state index contributed by atoms with van der Waals surface area (Å²) in [5.41, 5.74) is 2.71. The van der Waals surface area contributed by atoms with Crippen LogP contribution in [0.2, 0.25) is 5.02 Å². The monoisotopic (exact) mass is 360 g/mol. The molecule has 0 saturated carbocycles. The molecule has 1 spiro atoms. The number of hydrogen-bond acceptors (Lipinski definition) is 4. The van der Waals surface area contributed by atoms with Gasteiger partial charge in [-0.15, -0.1) is 0 Å². The molecule has 4 rings (SSSR count). The highest BCUT2D eigenvalue weighted by atomic mass is 35.5. The highest BCUT2D eigenvalue weighted by Gasteiger charge is 2.44. The van der Waals surface area contributed by atoms with Crippen LogP contribution in [0.5, 0.6) is 0 Å². The van der Waals surface area contributed by atoms with Gasteiger partial charge in [-0.2, -0.15) is 0 Å². The van der Waals surface area contributed by atoms with Gasteiger partial charge in [0, 0.05) is 36.9 Å². The van der Waals surface area contributed by atoms with E-state index in [1.165, 1.54) is 0 Å². The van der Waals surface area contributed by atoms with E-state index in [4.69, 9.17) is 16.3 Å². The summed E-state index contributed by atoms with van der Waals surface area (Å²) in [7, 11) is 0. The number of H-pyrrole nitrogens is 1. The average molecular weight is 361 g/mol. The molecule has 1 amide bonds. The zero-order valence-electron chi connectivity index (χ0n) is 13.8. The highest BCUT2D eigenvalue weighted by molar-refractivity contribution is 6.31. The van der Waals surface area contributed by atoms with Crippen LogP contribution in [0.1, 0.15) is 29.8 Å². The number of fused-ring (bicyclic) bond motifs is 2. The zero-order chi connectivity index (χ0) is 17.3. The molecule has 7 heteroatoms. The van der Waals surface area contributed by atoms with E-state index < -0.39 is 0 Å². The molecule has 1 aromatic heterocycles. The number of halogens is 1. The van der Waals surface area contributed by atoms with Crippen LogP contribution in [0.25, 0.3) is 0 Å². The first-order valence-corrected chi connectivity index (χ1v) is 8.95. The molecule has 2 aromatic rings. The Balaban J connectivity index is 1.49. The molecule has 1 fully saturated rings. The van der Waals surface area contributed by atoms with Crippen molar-refractivity contribution in [2.75, 3.05) is 13.2 Å². The summed E-state index contributed by atoms with van der Waals surface area (Å²) < 4.78 is 5.51. The van der Waals surface area contributed by atoms with E-state index in [1.807, 2.05) is 24.3 Å². The number of aromatic amines is 1. The lowest BCUT2D eigenvalue weighted by molar-refractivity contribution is -0.124. The first-order valence-electron chi connectivity index (χ1n) is 8.57. The molecule has 0 bridgehead atoms. The predicted molar refractivity (Wildman–Crippen MR) is 94.2 cm³/mol. The smallest absolute Gasteiger partial charge is 0.237 e. The van der Waals surface area contributed by atoms with Crippen molar-refractivity contribution in [2.45, 2.75) is 37.4 Å². The van der Waals surface area contributed by atoms with Gasteiger partial charge >= 0.3 is 0 Å². The number of benzene rings is 1. The quantitative estimate of drug-likeness (QED) is 0.781. The third-order valence-corrected chi connectivity index (χ3v) is 5.47. The Morgan fingerprint density at radius 3 is 2.96 bits per heavy atom. The van der Waals surface area contributed by atoms with Crippen LogP contribution in [0, 0.1) is 0 Å². The summed E-state index contributed by atoms with van der Waals surface area (Å²) in [5.74, 6) is -0.0222. The molecule has 3 N–H and O–H groups in total. The largest absolute Gasteiger partial charge is 0.381 e. The fourth-order valence-electron chi connectivity index (χ4n) is 3.75. The Labute approximate surface area is 151 Å². The maximum Gasteiger partial charge on any atom is 0.237 e. The van der Waals surface area contributed by atoms with Gasteiger partial charge in [0.05, 0.1) is 23.6 Å². The Hall–Kier alpha value is -1.89. The first kappa shape index (κ1) is 16.6. The number of carbonyl (C=O) groups excluding carboxylic acids is 1. The van der Waals surface area contributed by atoms with E-state index in [9.17, 15) is 4.79 Å². The van der Waals surface area contributed by atoms with Crippen molar-refractivity contribution in [3.63, 3.8) is 0 Å². The number of ether oxygens (including phenoxy) is 1. The van der Waals surface area contributed by atoms with Crippen LogP contribution < -0.4 is 10.6 Å². The lowest BCUT2D eigenvalue weighted by atomic mass is 9.80. The molecule has 2 aliphatic heterocycles. The second-order valence-corrected chi connectivity index (χ2v) is 7.04. The second-order valence-electron chi connectivity index (χ2n) is 6.63. The van der Waals surface area contributed by atoms with Crippen LogP contribution in [-0.2, 0) is 28.0 Å². The average Bonchev–Trinajstić information content (AvgIpc) is 3.11. The van der Waals surface area contributed by atoms with Gasteiger partial charge in [0.1, 0.15) is 0 Å². The summed E-state index contributed by atoms with van der Waals surface area (Å²) >= 11 is 6.17. The molecular weight excluding hydrogens is 340 g/mol. The van der Waals surface area contributed by atoms with Gasteiger partial charge in [-0.25, -0.2) is 4.98 Å². The Morgan fingerprint density at radius 2 is 2.16 bits per heavy atom. The Morgan fingerprint density at radius 1 is 1.36 bits per heavy atom. The molecule has 6 nitrogen and oxygen atoms in total. The number of nitrogens with one attached hydrogen (secondary N) is 3. The van der Waals surface area contributed by atoms with Gasteiger partial charge in [0.2, 0.25) is 5.91 Å². The Bertz CT molecular complexity index is 770. The number of carbonyl (C=O) groups is 1. The fraction of sp³-hybridized carbons (Fsp3) is 0.444. The predicted octanol–water partition coefficient (Wildman–Crippen LogP) is 1.90. The number of nitrogens with zero attached hydrogens (tertiary/aromatic N) is 1. The molecule has 0 radical (unpaired) electrons. The molecule has 2 aliphatic rings. The van der Waals surface area contributed by atoms with Crippen LogP contribution in [-0.4, -0.2) is 35.1 Å². The van der Waals surface area contributed by atoms with Gasteiger partial charge in [0.15, 0.2) is 0 Å². The first-order chi connectivity index (χ1) is 12.2. The molecule has 1 saturated heterocycles. The van der Waals surface area contributed by atoms with Crippen LogP contribution in [0.4, 0.5) is 0 Å². The molecule has 1 atom stereocenters. The maximum atomic E-state index is 12.8. The van der Waals surface area contributed by atoms with Crippen molar-refractivity contribution in [1.29, 1.82) is 0 Å². The number of rotatable bonds is 3. The normalized spacial score (nSPS) is 21.7. The minimum atomic E-state index is -0.298. The number of hydrogen-bond donors (Lipinski definition) is 3. The van der Waals surface area contributed by atoms with Crippen LogP contribution >= 0.6 is 11.6 Å². The summed E-state index contributed by atoms with van der Waals surface area (Å²) in [4.78, 5) is 20.5. The maximum absolute atomic E-state index is 12.8. The van der Waals surface area contributed by atoms with Gasteiger partial charge in [-0.3, -0.25) is 10.1 Å². The van der Waals surface area contributed by atoms with E-state index in [0.717, 1.165) is 29.8 Å². The van der Waals surface area contributed by atoms with Crippen molar-refractivity contribution in [3.8, 4) is 0 Å². The third-order valence-electron chi connectivity index (χ3n) is 5.10. The second kappa shape index (κ2) is 6.78. The van der Waals surface area contributed by atoms with Crippen LogP contribution in [0.15, 0.2) is 30.6 Å². The topological polar surface area (TPSA) is 79.0 Å². The zero-order valence-corrected chi connectivity index (χ0v) is 14.6. The number of amides is 1. The van der Waals surface area contributed by atoms with Gasteiger partial charge in [-0.1, -0.05) is 29.8 Å².